The van der Waals surface area contributed by atoms with E-state index in [-0.39, 0.29) is 23.4 Å². The van der Waals surface area contributed by atoms with Crippen LogP contribution in [-0.4, -0.2) is 115 Å². The van der Waals surface area contributed by atoms with Crippen LogP contribution in [0.4, 0.5) is 20.2 Å². The minimum Gasteiger partial charge on any atom is -0.497 e. The number of carbonyl (C=O) groups is 2. The summed E-state index contributed by atoms with van der Waals surface area (Å²) in [7, 11) is 4.91. The van der Waals surface area contributed by atoms with Crippen molar-refractivity contribution < 1.29 is 32.6 Å². The molecule has 4 aromatic carbocycles. The van der Waals surface area contributed by atoms with Crippen molar-refractivity contribution in [2.24, 2.45) is 0 Å². The normalized spacial score (nSPS) is 14.1. The monoisotopic (exact) mass is 818 g/mol. The lowest BCUT2D eigenvalue weighted by atomic mass is 10.2. The van der Waals surface area contributed by atoms with E-state index < -0.39 is 0 Å². The van der Waals surface area contributed by atoms with E-state index in [9.17, 15) is 18.4 Å². The molecule has 4 heterocycles. The van der Waals surface area contributed by atoms with Gasteiger partial charge in [0.25, 0.3) is 11.8 Å². The van der Waals surface area contributed by atoms with Gasteiger partial charge in [0.2, 0.25) is 0 Å². The number of carbonyl (C=O) groups excluding carboxylic acids is 2. The lowest BCUT2D eigenvalue weighted by molar-refractivity contribution is 0.0730. The zero-order valence-corrected chi connectivity index (χ0v) is 34.3. The topological polar surface area (TPSA) is 110 Å². The number of methoxy groups -OCH3 is 3. The van der Waals surface area contributed by atoms with Crippen LogP contribution < -0.4 is 24.0 Å². The molecule has 0 radical (unpaired) electrons. The molecule has 8 rings (SSSR count). The SMILES string of the molecule is COc1ccc(N2CCN(C(=O)c3cc(C)nn3-c3ccc(F)cc3)CC2)c(OC)c1.COc1ccc(N2CCN(C(=O)c3cc(C)nn3-c3ccc(F)cc3)CC2)cc1. The van der Waals surface area contributed by atoms with Gasteiger partial charge in [0, 0.05) is 64.1 Å². The predicted molar refractivity (Wildman–Crippen MR) is 225 cm³/mol. The second kappa shape index (κ2) is 18.4. The van der Waals surface area contributed by atoms with Gasteiger partial charge in [0.05, 0.1) is 49.8 Å². The summed E-state index contributed by atoms with van der Waals surface area (Å²) in [6.45, 7) is 8.93. The van der Waals surface area contributed by atoms with Gasteiger partial charge >= 0.3 is 0 Å². The van der Waals surface area contributed by atoms with E-state index in [2.05, 4.69) is 20.0 Å². The van der Waals surface area contributed by atoms with E-state index in [1.54, 1.807) is 67.1 Å². The van der Waals surface area contributed by atoms with Gasteiger partial charge in [-0.25, -0.2) is 18.1 Å². The third kappa shape index (κ3) is 9.20. The van der Waals surface area contributed by atoms with Crippen LogP contribution >= 0.6 is 0 Å². The molecular formula is C45H48F2N8O5. The van der Waals surface area contributed by atoms with Crippen LogP contribution in [0, 0.1) is 25.5 Å². The Bertz CT molecular complexity index is 2400. The molecule has 2 amide bonds. The molecule has 2 aromatic heterocycles. The second-order valence-electron chi connectivity index (χ2n) is 14.4. The van der Waals surface area contributed by atoms with Crippen LogP contribution in [0.3, 0.4) is 0 Å². The quantitative estimate of drug-likeness (QED) is 0.160. The molecule has 0 spiro atoms. The highest BCUT2D eigenvalue weighted by molar-refractivity contribution is 5.94. The average molecular weight is 819 g/mol. The number of amides is 2. The van der Waals surface area contributed by atoms with Crippen molar-refractivity contribution in [1.29, 1.82) is 0 Å². The van der Waals surface area contributed by atoms with Gasteiger partial charge in [-0.3, -0.25) is 9.59 Å². The largest absolute Gasteiger partial charge is 0.497 e. The molecule has 2 saturated heterocycles. The first-order chi connectivity index (χ1) is 29.0. The van der Waals surface area contributed by atoms with Crippen LogP contribution in [0.2, 0.25) is 0 Å². The highest BCUT2D eigenvalue weighted by Crippen LogP contribution is 2.33. The van der Waals surface area contributed by atoms with Crippen molar-refractivity contribution in [3.05, 3.63) is 138 Å². The summed E-state index contributed by atoms with van der Waals surface area (Å²) in [6.07, 6.45) is 0. The summed E-state index contributed by atoms with van der Waals surface area (Å²) in [6, 6.07) is 29.2. The molecule has 60 heavy (non-hydrogen) atoms. The third-order valence-electron chi connectivity index (χ3n) is 10.5. The molecule has 15 heteroatoms. The summed E-state index contributed by atoms with van der Waals surface area (Å²) < 4.78 is 45.7. The zero-order valence-electron chi connectivity index (χ0n) is 34.3. The molecule has 2 aliphatic heterocycles. The number of piperazine rings is 2. The van der Waals surface area contributed by atoms with Crippen LogP contribution in [0.1, 0.15) is 32.4 Å². The molecule has 0 bridgehead atoms. The summed E-state index contributed by atoms with van der Waals surface area (Å²) in [5, 5.41) is 8.87. The number of benzene rings is 4. The Morgan fingerprint density at radius 1 is 0.500 bits per heavy atom. The lowest BCUT2D eigenvalue weighted by Crippen LogP contribution is -2.49. The van der Waals surface area contributed by atoms with E-state index >= 15 is 0 Å². The fraction of sp³-hybridized carbons (Fsp3) is 0.289. The Morgan fingerprint density at radius 2 is 0.917 bits per heavy atom. The Kier molecular flexibility index (Phi) is 12.6. The van der Waals surface area contributed by atoms with E-state index in [0.29, 0.717) is 62.0 Å². The highest BCUT2D eigenvalue weighted by atomic mass is 19.1. The molecule has 2 fully saturated rings. The number of aryl methyl sites for hydroxylation is 2. The molecule has 2 aliphatic rings. The number of nitrogens with zero attached hydrogens (tertiary/aromatic N) is 8. The van der Waals surface area contributed by atoms with Gasteiger partial charge < -0.3 is 33.8 Å². The van der Waals surface area contributed by atoms with Crippen molar-refractivity contribution in [3.8, 4) is 28.6 Å². The third-order valence-corrected chi connectivity index (χ3v) is 10.5. The van der Waals surface area contributed by atoms with Gasteiger partial charge in [0.15, 0.2) is 0 Å². The van der Waals surface area contributed by atoms with Crippen molar-refractivity contribution >= 4 is 23.2 Å². The maximum Gasteiger partial charge on any atom is 0.272 e. The van der Waals surface area contributed by atoms with Gasteiger partial charge in [0.1, 0.15) is 40.3 Å². The lowest BCUT2D eigenvalue weighted by Gasteiger charge is -2.36. The number of anilines is 2. The maximum atomic E-state index is 13.3. The second-order valence-corrected chi connectivity index (χ2v) is 14.4. The highest BCUT2D eigenvalue weighted by Gasteiger charge is 2.28. The Morgan fingerprint density at radius 3 is 1.35 bits per heavy atom. The first-order valence-electron chi connectivity index (χ1n) is 19.6. The number of hydrogen-bond donors (Lipinski definition) is 0. The van der Waals surface area contributed by atoms with Gasteiger partial charge in [-0.2, -0.15) is 10.2 Å². The smallest absolute Gasteiger partial charge is 0.272 e. The number of halogens is 2. The predicted octanol–water partition coefficient (Wildman–Crippen LogP) is 6.59. The summed E-state index contributed by atoms with van der Waals surface area (Å²) in [4.78, 5) is 34.5. The molecule has 0 atom stereocenters. The van der Waals surface area contributed by atoms with Gasteiger partial charge in [-0.1, -0.05) is 0 Å². The van der Waals surface area contributed by atoms with Crippen LogP contribution in [-0.2, 0) is 0 Å². The van der Waals surface area contributed by atoms with E-state index in [1.165, 1.54) is 24.3 Å². The molecular weight excluding hydrogens is 771 g/mol. The minimum absolute atomic E-state index is 0.0655. The Hall–Kier alpha value is -6.90. The Balaban J connectivity index is 0.000000182. The van der Waals surface area contributed by atoms with Crippen molar-refractivity contribution in [1.82, 2.24) is 29.4 Å². The summed E-state index contributed by atoms with van der Waals surface area (Å²) in [5.74, 6) is 1.50. The van der Waals surface area contributed by atoms with E-state index in [1.807, 2.05) is 66.1 Å². The first-order valence-corrected chi connectivity index (χ1v) is 19.6. The molecule has 6 aromatic rings. The minimum atomic E-state index is -0.328. The fourth-order valence-corrected chi connectivity index (χ4v) is 7.34. The first kappa shape index (κ1) is 41.3. The van der Waals surface area contributed by atoms with Crippen molar-refractivity contribution in [2.75, 3.05) is 83.5 Å². The molecule has 0 aliphatic carbocycles. The van der Waals surface area contributed by atoms with Crippen molar-refractivity contribution in [3.63, 3.8) is 0 Å². The van der Waals surface area contributed by atoms with Crippen molar-refractivity contribution in [2.45, 2.75) is 13.8 Å². The zero-order chi connectivity index (χ0) is 42.3. The molecule has 13 nitrogen and oxygen atoms in total. The molecule has 0 unspecified atom stereocenters. The number of rotatable bonds is 9. The van der Waals surface area contributed by atoms with E-state index in [0.717, 1.165) is 53.1 Å². The van der Waals surface area contributed by atoms with Crippen LogP contribution in [0.25, 0.3) is 11.4 Å². The standard InChI is InChI=1S/C23H25FN4O3.C22H23FN4O2/c1-16-14-21(28(25-16)18-6-4-17(24)5-7-18)23(29)27-12-10-26(11-13-27)20-9-8-19(30-2)15-22(20)31-3;1-16-15-21(27(24-16)19-5-3-17(23)4-6-19)22(28)26-13-11-25(12-14-26)18-7-9-20(29-2)10-8-18/h4-9,14-15H,10-13H2,1-3H3;3-10,15H,11-14H2,1-2H3. The number of aromatic nitrogens is 4. The number of hydrogen-bond acceptors (Lipinski definition) is 9. The fourth-order valence-electron chi connectivity index (χ4n) is 7.34. The average Bonchev–Trinajstić information content (AvgIpc) is 3.88. The molecule has 0 N–H and O–H groups in total. The van der Waals surface area contributed by atoms with E-state index in [4.69, 9.17) is 14.2 Å². The summed E-state index contributed by atoms with van der Waals surface area (Å²) >= 11 is 0. The van der Waals surface area contributed by atoms with Crippen LogP contribution in [0.5, 0.6) is 17.2 Å². The van der Waals surface area contributed by atoms with Crippen LogP contribution in [0.15, 0.2) is 103 Å². The maximum absolute atomic E-state index is 13.3. The Labute approximate surface area is 347 Å². The molecule has 312 valence electrons. The summed E-state index contributed by atoms with van der Waals surface area (Å²) in [5.41, 5.74) is 5.85. The van der Waals surface area contributed by atoms with Gasteiger partial charge in [-0.15, -0.1) is 0 Å². The number of ether oxygens (including phenoxy) is 3. The molecule has 0 saturated carbocycles. The van der Waals surface area contributed by atoms with Gasteiger partial charge in [-0.05, 0) is 111 Å².